The number of aromatic nitrogens is 2. The van der Waals surface area contributed by atoms with Crippen molar-refractivity contribution in [3.05, 3.63) is 78.4 Å². The van der Waals surface area contributed by atoms with Crippen molar-refractivity contribution in [1.29, 1.82) is 0 Å². The van der Waals surface area contributed by atoms with Gasteiger partial charge in [0.05, 0.1) is 5.92 Å². The van der Waals surface area contributed by atoms with Gasteiger partial charge in [0, 0.05) is 50.7 Å². The molecule has 0 aliphatic carbocycles. The Kier molecular flexibility index (Phi) is 8.79. The van der Waals surface area contributed by atoms with Crippen LogP contribution in [0.3, 0.4) is 0 Å². The highest BCUT2D eigenvalue weighted by Crippen LogP contribution is 2.23. The van der Waals surface area contributed by atoms with Crippen LogP contribution in [0.5, 0.6) is 0 Å². The summed E-state index contributed by atoms with van der Waals surface area (Å²) in [7, 11) is 0. The van der Waals surface area contributed by atoms with E-state index in [1.165, 1.54) is 17.7 Å². The van der Waals surface area contributed by atoms with Crippen LogP contribution < -0.4 is 10.2 Å². The molecule has 2 aromatic carbocycles. The summed E-state index contributed by atoms with van der Waals surface area (Å²) < 4.78 is 13.2. The molecule has 184 valence electrons. The first-order valence-electron chi connectivity index (χ1n) is 12.5. The molecule has 0 spiro atoms. The van der Waals surface area contributed by atoms with Gasteiger partial charge in [-0.25, -0.2) is 14.4 Å². The van der Waals surface area contributed by atoms with Crippen molar-refractivity contribution in [3.63, 3.8) is 0 Å². The second-order valence-corrected chi connectivity index (χ2v) is 9.06. The van der Waals surface area contributed by atoms with Gasteiger partial charge in [0.2, 0.25) is 11.9 Å². The number of carbonyl (C=O) groups excluding carboxylic acids is 1. The van der Waals surface area contributed by atoms with Gasteiger partial charge >= 0.3 is 0 Å². The maximum atomic E-state index is 13.2. The van der Waals surface area contributed by atoms with Crippen LogP contribution in [0.15, 0.2) is 67.0 Å². The van der Waals surface area contributed by atoms with E-state index in [0.29, 0.717) is 19.0 Å². The van der Waals surface area contributed by atoms with E-state index in [1.807, 2.05) is 6.07 Å². The average molecular weight is 476 g/mol. The number of nitrogens with zero attached hydrogens (tertiary/aromatic N) is 4. The number of anilines is 1. The van der Waals surface area contributed by atoms with Gasteiger partial charge in [-0.3, -0.25) is 9.69 Å². The number of hydrogen-bond donors (Lipinski definition) is 1. The fourth-order valence-corrected chi connectivity index (χ4v) is 4.50. The van der Waals surface area contributed by atoms with Crippen LogP contribution >= 0.6 is 0 Å². The molecule has 0 radical (unpaired) electrons. The van der Waals surface area contributed by atoms with Gasteiger partial charge in [0.25, 0.3) is 0 Å². The Bertz CT molecular complexity index is 1060. The molecule has 3 aromatic rings. The van der Waals surface area contributed by atoms with Crippen LogP contribution in [0.1, 0.15) is 31.7 Å². The van der Waals surface area contributed by atoms with E-state index in [-0.39, 0.29) is 17.6 Å². The van der Waals surface area contributed by atoms with Gasteiger partial charge < -0.3 is 10.2 Å². The van der Waals surface area contributed by atoms with Crippen LogP contribution in [-0.4, -0.2) is 53.5 Å². The van der Waals surface area contributed by atoms with Crippen molar-refractivity contribution in [1.82, 2.24) is 20.2 Å². The molecule has 0 unspecified atom stereocenters. The molecule has 2 heterocycles. The SMILES string of the molecule is CCN(CCCNC(=O)[C@H]1CCCN(c2ncc(-c3ccc(F)cc3)cn2)C1)Cc1ccccc1. The summed E-state index contributed by atoms with van der Waals surface area (Å²) in [6.07, 6.45) is 6.26. The highest BCUT2D eigenvalue weighted by atomic mass is 19.1. The van der Waals surface area contributed by atoms with Crippen LogP contribution in [0.25, 0.3) is 11.1 Å². The van der Waals surface area contributed by atoms with Crippen LogP contribution in [0, 0.1) is 11.7 Å². The number of piperidine rings is 1. The lowest BCUT2D eigenvalue weighted by molar-refractivity contribution is -0.125. The van der Waals surface area contributed by atoms with E-state index < -0.39 is 0 Å². The number of rotatable bonds is 10. The Morgan fingerprint density at radius 2 is 1.83 bits per heavy atom. The molecule has 4 rings (SSSR count). The number of carbonyl (C=O) groups is 1. The minimum atomic E-state index is -0.265. The maximum absolute atomic E-state index is 13.2. The lowest BCUT2D eigenvalue weighted by atomic mass is 9.97. The molecular formula is C28H34FN5O. The normalized spacial score (nSPS) is 15.9. The fourth-order valence-electron chi connectivity index (χ4n) is 4.50. The first-order valence-corrected chi connectivity index (χ1v) is 12.5. The second-order valence-electron chi connectivity index (χ2n) is 9.06. The minimum absolute atomic E-state index is 0.0595. The number of nitrogens with one attached hydrogen (secondary N) is 1. The zero-order valence-electron chi connectivity index (χ0n) is 20.4. The van der Waals surface area contributed by atoms with E-state index in [1.54, 1.807) is 24.5 Å². The van der Waals surface area contributed by atoms with Gasteiger partial charge in [0.15, 0.2) is 0 Å². The van der Waals surface area contributed by atoms with Crippen molar-refractivity contribution < 1.29 is 9.18 Å². The number of hydrogen-bond acceptors (Lipinski definition) is 5. The molecule has 0 saturated carbocycles. The predicted molar refractivity (Wildman–Crippen MR) is 137 cm³/mol. The summed E-state index contributed by atoms with van der Waals surface area (Å²) in [5.41, 5.74) is 3.03. The third-order valence-electron chi connectivity index (χ3n) is 6.54. The van der Waals surface area contributed by atoms with Gasteiger partial charge in [-0.05, 0) is 49.1 Å². The predicted octanol–water partition coefficient (Wildman–Crippen LogP) is 4.53. The summed E-state index contributed by atoms with van der Waals surface area (Å²) >= 11 is 0. The Balaban J connectivity index is 1.23. The van der Waals surface area contributed by atoms with Gasteiger partial charge in [0.1, 0.15) is 5.82 Å². The number of halogens is 1. The van der Waals surface area contributed by atoms with E-state index in [9.17, 15) is 9.18 Å². The highest BCUT2D eigenvalue weighted by molar-refractivity contribution is 5.79. The van der Waals surface area contributed by atoms with Crippen molar-refractivity contribution in [2.24, 2.45) is 5.92 Å². The Hall–Kier alpha value is -3.32. The zero-order valence-corrected chi connectivity index (χ0v) is 20.4. The van der Waals surface area contributed by atoms with E-state index in [4.69, 9.17) is 0 Å². The van der Waals surface area contributed by atoms with Crippen molar-refractivity contribution in [3.8, 4) is 11.1 Å². The Morgan fingerprint density at radius 3 is 2.54 bits per heavy atom. The first kappa shape index (κ1) is 24.8. The van der Waals surface area contributed by atoms with E-state index in [2.05, 4.69) is 56.3 Å². The molecule has 7 heteroatoms. The molecule has 1 aliphatic rings. The van der Waals surface area contributed by atoms with Crippen LogP contribution in [0.2, 0.25) is 0 Å². The smallest absolute Gasteiger partial charge is 0.225 e. The minimum Gasteiger partial charge on any atom is -0.356 e. The number of amides is 1. The Morgan fingerprint density at radius 1 is 1.09 bits per heavy atom. The van der Waals surface area contributed by atoms with Crippen molar-refractivity contribution in [2.75, 3.05) is 37.6 Å². The van der Waals surface area contributed by atoms with E-state index in [0.717, 1.165) is 56.6 Å². The molecule has 1 fully saturated rings. The zero-order chi connectivity index (χ0) is 24.5. The molecule has 1 amide bonds. The second kappa shape index (κ2) is 12.4. The lowest BCUT2D eigenvalue weighted by Crippen LogP contribution is -2.44. The monoisotopic (exact) mass is 475 g/mol. The standard InChI is InChI=1S/C28H34FN5O/c1-2-33(20-22-8-4-3-5-9-22)16-7-15-30-27(35)24-10-6-17-34(21-24)28-31-18-25(19-32-28)23-11-13-26(29)14-12-23/h3-5,8-9,11-14,18-19,24H,2,6-7,10,15-17,20-21H2,1H3,(H,30,35)/t24-/m0/s1. The van der Waals surface area contributed by atoms with Gasteiger partial charge in [-0.2, -0.15) is 0 Å². The molecule has 1 N–H and O–H groups in total. The molecular weight excluding hydrogens is 441 g/mol. The third-order valence-corrected chi connectivity index (χ3v) is 6.54. The summed E-state index contributed by atoms with van der Waals surface area (Å²) in [6.45, 7) is 7.19. The quantitative estimate of drug-likeness (QED) is 0.437. The largest absolute Gasteiger partial charge is 0.356 e. The molecule has 0 bridgehead atoms. The third kappa shape index (κ3) is 7.09. The number of benzene rings is 2. The van der Waals surface area contributed by atoms with Crippen LogP contribution in [0.4, 0.5) is 10.3 Å². The summed E-state index contributed by atoms with van der Waals surface area (Å²) in [5.74, 6) is 0.422. The van der Waals surface area contributed by atoms with Crippen LogP contribution in [-0.2, 0) is 11.3 Å². The molecule has 35 heavy (non-hydrogen) atoms. The lowest BCUT2D eigenvalue weighted by Gasteiger charge is -2.32. The van der Waals surface area contributed by atoms with Gasteiger partial charge in [-0.15, -0.1) is 0 Å². The maximum Gasteiger partial charge on any atom is 0.225 e. The summed E-state index contributed by atoms with van der Waals surface area (Å²) in [4.78, 5) is 26.3. The Labute approximate surface area is 207 Å². The average Bonchev–Trinajstić information content (AvgIpc) is 2.91. The molecule has 1 atom stereocenters. The fraction of sp³-hybridized carbons (Fsp3) is 0.393. The van der Waals surface area contributed by atoms with Gasteiger partial charge in [-0.1, -0.05) is 49.4 Å². The highest BCUT2D eigenvalue weighted by Gasteiger charge is 2.27. The van der Waals surface area contributed by atoms with Crippen molar-refractivity contribution in [2.45, 2.75) is 32.7 Å². The molecule has 1 aromatic heterocycles. The molecule has 6 nitrogen and oxygen atoms in total. The summed E-state index contributed by atoms with van der Waals surface area (Å²) in [5, 5.41) is 3.14. The topological polar surface area (TPSA) is 61.4 Å². The first-order chi connectivity index (χ1) is 17.1. The van der Waals surface area contributed by atoms with Crippen molar-refractivity contribution >= 4 is 11.9 Å². The molecule has 1 saturated heterocycles. The van der Waals surface area contributed by atoms with E-state index >= 15 is 0 Å². The molecule has 1 aliphatic heterocycles. The summed E-state index contributed by atoms with van der Waals surface area (Å²) in [6, 6.07) is 16.8.